The number of ether oxygens (including phenoxy) is 4. The number of pyridine rings is 8. The maximum absolute atomic E-state index is 11.0. The second kappa shape index (κ2) is 32.4. The number of carbonyl (C=O) groups is 1. The van der Waals surface area contributed by atoms with Crippen molar-refractivity contribution in [3.63, 3.8) is 0 Å². The predicted molar refractivity (Wildman–Crippen MR) is 452 cm³/mol. The summed E-state index contributed by atoms with van der Waals surface area (Å²) in [6.07, 6.45) is 7.88. The number of nitrogens with one attached hydrogen (secondary N) is 1. The third-order valence-electron chi connectivity index (χ3n) is 20.8. The van der Waals surface area contributed by atoms with Gasteiger partial charge in [0, 0.05) is 114 Å². The number of nitrogens with zero attached hydrogens (tertiary/aromatic N) is 14. The lowest BCUT2D eigenvalue weighted by Gasteiger charge is -2.14. The van der Waals surface area contributed by atoms with Gasteiger partial charge in [0.1, 0.15) is 29.6 Å². The Labute approximate surface area is 665 Å². The van der Waals surface area contributed by atoms with Crippen LogP contribution in [0.4, 0.5) is 5.82 Å². The van der Waals surface area contributed by atoms with Gasteiger partial charge < -0.3 is 30.1 Å². The zero-order chi connectivity index (χ0) is 78.6. The second-order valence-corrected chi connectivity index (χ2v) is 28.0. The molecule has 0 bridgehead atoms. The number of nitrogens with two attached hydrogens (primary N) is 2. The fraction of sp³-hybridized carbons (Fsp3) is 0.106. The molecule has 2 aliphatic heterocycles. The lowest BCUT2D eigenvalue weighted by atomic mass is 9.97. The smallest absolute Gasteiger partial charge is 0.184 e. The summed E-state index contributed by atoms with van der Waals surface area (Å²) >= 11 is 0. The van der Waals surface area contributed by atoms with Gasteiger partial charge in [-0.3, -0.25) is 18.0 Å². The standard InChI is InChI=1S/C25H20N4O2.C23H19N5.C23H20N4O2.C23H16N4O/c1-16-27-28-24-21-15-20(17-5-3-2-4-6-17)23(26-22(21)11-12-29(16)24)18-7-9-19(10-8-18)25-30-13-14-31-25;1-15-26-27-23-20-13-19(17-5-3-2-4-6-17)22(25-21(20)11-12-28(15)23)18-9-7-16(14-24)8-10-18;24-27-22-19-14-18(15-4-2-1-3-5-15)21(26-20(19)10-11-25-22)16-6-8-17(9-7-16)23-28-12-13-29-23;1-15-25-26-23-20-13-19(17-5-3-2-4-6-17)22(24-21(20)11-12-27(15)23)18-9-7-16(14-28)8-10-18/h2-12,15,25H,13-14H2,1H3;2-13H,14,24H2,1H3;1-11,14,23H,12-13,24H2,(H,25,27);2-14H,1H3. The van der Waals surface area contributed by atoms with Gasteiger partial charge in [-0.05, 0) is 97.1 Å². The number of nitrogen functional groups attached to an aromatic ring is 1. The molecule has 0 aliphatic carbocycles. The number of rotatable bonds is 13. The molecule has 2 fully saturated rings. The van der Waals surface area contributed by atoms with Crippen LogP contribution in [0.1, 0.15) is 57.1 Å². The number of aldehydes is 1. The Bertz CT molecular complexity index is 6780. The molecule has 19 aromatic rings. The minimum Gasteiger partial charge on any atom is -0.346 e. The van der Waals surface area contributed by atoms with Crippen molar-refractivity contribution in [2.45, 2.75) is 39.9 Å². The average molecular weight is 1520 g/mol. The quantitative estimate of drug-likeness (QED) is 0.0550. The van der Waals surface area contributed by atoms with Gasteiger partial charge in [-0.25, -0.2) is 30.8 Å². The first-order valence-corrected chi connectivity index (χ1v) is 38.1. The molecule has 11 aromatic heterocycles. The SMILES string of the molecule is Cc1nnc2c3cc(-c4ccccc4)c(-c4ccc(C5OCCO5)cc4)nc3ccn12.Cc1nnc2c3cc(-c4ccccc4)c(-c4ccc(C=O)cc4)nc3ccn12.Cc1nnc2c3cc(-c4ccccc4)c(-c4ccc(CN)cc4)nc3ccn12.NNc1nccc2nc(-c3ccc(C4OCCO4)cc3)c(-c3ccccc3)cc12. The molecule has 116 heavy (non-hydrogen) atoms. The van der Waals surface area contributed by atoms with Crippen molar-refractivity contribution in [1.82, 2.24) is 68.7 Å². The number of aryl methyl sites for hydroxylation is 3. The average Bonchev–Trinajstić information content (AvgIpc) is 1.42. The van der Waals surface area contributed by atoms with Crippen molar-refractivity contribution in [2.75, 3.05) is 31.9 Å². The molecule has 8 aromatic carbocycles. The van der Waals surface area contributed by atoms with Crippen LogP contribution in [0.25, 0.3) is 150 Å². The van der Waals surface area contributed by atoms with Crippen LogP contribution in [-0.4, -0.2) is 101 Å². The largest absolute Gasteiger partial charge is 0.346 e. The summed E-state index contributed by atoms with van der Waals surface area (Å²) in [5.41, 5.74) is 34.4. The van der Waals surface area contributed by atoms with Gasteiger partial charge in [0.25, 0.3) is 0 Å². The molecular formula is C94H75N17O5. The van der Waals surface area contributed by atoms with Crippen molar-refractivity contribution in [2.24, 2.45) is 11.6 Å². The number of anilines is 1. The van der Waals surface area contributed by atoms with Gasteiger partial charge in [0.2, 0.25) is 0 Å². The molecule has 0 atom stereocenters. The van der Waals surface area contributed by atoms with Gasteiger partial charge in [0.15, 0.2) is 29.5 Å². The van der Waals surface area contributed by atoms with Crippen LogP contribution in [-0.2, 0) is 25.5 Å². The highest BCUT2D eigenvalue weighted by Gasteiger charge is 2.24. The fourth-order valence-corrected chi connectivity index (χ4v) is 14.8. The number of hydrogen-bond acceptors (Lipinski definition) is 19. The highest BCUT2D eigenvalue weighted by Crippen LogP contribution is 2.41. The monoisotopic (exact) mass is 1520 g/mol. The molecular weight excluding hydrogens is 1450 g/mol. The van der Waals surface area contributed by atoms with E-state index in [9.17, 15) is 4.79 Å². The van der Waals surface area contributed by atoms with Gasteiger partial charge in [-0.2, -0.15) is 0 Å². The number of benzene rings is 8. The van der Waals surface area contributed by atoms with E-state index in [1.165, 1.54) is 0 Å². The van der Waals surface area contributed by atoms with E-state index in [0.29, 0.717) is 44.4 Å². The molecule has 22 nitrogen and oxygen atoms in total. The molecule has 13 heterocycles. The minimum atomic E-state index is -0.286. The Morgan fingerprint density at radius 2 is 0.681 bits per heavy atom. The van der Waals surface area contributed by atoms with E-state index in [0.717, 1.165) is 191 Å². The predicted octanol–water partition coefficient (Wildman–Crippen LogP) is 18.4. The van der Waals surface area contributed by atoms with Gasteiger partial charge in [-0.15, -0.1) is 30.6 Å². The number of carbonyl (C=O) groups excluding carboxylic acids is 1. The van der Waals surface area contributed by atoms with Crippen molar-refractivity contribution in [3.05, 3.63) is 331 Å². The lowest BCUT2D eigenvalue weighted by molar-refractivity contribution is -0.0443. The summed E-state index contributed by atoms with van der Waals surface area (Å²) in [6, 6.07) is 89.7. The van der Waals surface area contributed by atoms with Crippen molar-refractivity contribution < 1.29 is 23.7 Å². The molecule has 5 N–H and O–H groups in total. The van der Waals surface area contributed by atoms with Crippen LogP contribution in [0.15, 0.2) is 292 Å². The van der Waals surface area contributed by atoms with Crippen LogP contribution >= 0.6 is 0 Å². The molecule has 0 saturated carbocycles. The Balaban J connectivity index is 0.000000107. The number of fused-ring (bicyclic) bond motifs is 10. The van der Waals surface area contributed by atoms with E-state index in [-0.39, 0.29) is 12.6 Å². The maximum atomic E-state index is 11.0. The van der Waals surface area contributed by atoms with Gasteiger partial charge in [-0.1, -0.05) is 218 Å². The van der Waals surface area contributed by atoms with E-state index in [1.807, 2.05) is 186 Å². The van der Waals surface area contributed by atoms with Gasteiger partial charge in [0.05, 0.1) is 71.3 Å². The summed E-state index contributed by atoms with van der Waals surface area (Å²) in [4.78, 5) is 35.3. The van der Waals surface area contributed by atoms with Crippen LogP contribution < -0.4 is 17.0 Å². The normalized spacial score (nSPS) is 12.9. The summed E-state index contributed by atoms with van der Waals surface area (Å²) in [7, 11) is 0. The molecule has 2 saturated heterocycles. The first kappa shape index (κ1) is 73.1. The molecule has 21 rings (SSSR count). The number of aromatic nitrogens is 14. The van der Waals surface area contributed by atoms with E-state index in [2.05, 4.69) is 174 Å². The second-order valence-electron chi connectivity index (χ2n) is 28.0. The van der Waals surface area contributed by atoms with Crippen molar-refractivity contribution in [1.29, 1.82) is 0 Å². The Morgan fingerprint density at radius 1 is 0.371 bits per heavy atom. The highest BCUT2D eigenvalue weighted by atomic mass is 16.7. The Kier molecular flexibility index (Phi) is 20.4. The van der Waals surface area contributed by atoms with E-state index < -0.39 is 0 Å². The Morgan fingerprint density at radius 3 is 1.00 bits per heavy atom. The summed E-state index contributed by atoms with van der Waals surface area (Å²) in [5.74, 6) is 8.82. The third-order valence-corrected chi connectivity index (χ3v) is 20.8. The highest BCUT2D eigenvalue weighted by molar-refractivity contribution is 6.02. The zero-order valence-corrected chi connectivity index (χ0v) is 63.4. The Hall–Kier alpha value is -14.4. The van der Waals surface area contributed by atoms with E-state index in [4.69, 9.17) is 50.5 Å². The fourth-order valence-electron chi connectivity index (χ4n) is 14.8. The summed E-state index contributed by atoms with van der Waals surface area (Å²) in [6.45, 7) is 8.88. The minimum absolute atomic E-state index is 0.281. The lowest BCUT2D eigenvalue weighted by Crippen LogP contribution is -2.09. The molecule has 0 spiro atoms. The third kappa shape index (κ3) is 14.6. The summed E-state index contributed by atoms with van der Waals surface area (Å²) in [5, 5.41) is 29.6. The molecule has 0 unspecified atom stereocenters. The van der Waals surface area contributed by atoms with Crippen LogP contribution in [0, 0.1) is 20.8 Å². The van der Waals surface area contributed by atoms with Crippen LogP contribution in [0.2, 0.25) is 0 Å². The van der Waals surface area contributed by atoms with E-state index in [1.54, 1.807) is 6.20 Å². The zero-order valence-electron chi connectivity index (χ0n) is 63.4. The number of hydrogen-bond donors (Lipinski definition) is 3. The molecule has 0 amide bonds. The van der Waals surface area contributed by atoms with E-state index >= 15 is 0 Å². The molecule has 2 aliphatic rings. The topological polar surface area (TPSA) is 273 Å². The molecule has 0 radical (unpaired) electrons. The maximum Gasteiger partial charge on any atom is 0.184 e. The first-order chi connectivity index (χ1) is 57.1. The van der Waals surface area contributed by atoms with Gasteiger partial charge >= 0.3 is 0 Å². The van der Waals surface area contributed by atoms with Crippen molar-refractivity contribution in [3.8, 4) is 89.5 Å². The van der Waals surface area contributed by atoms with Crippen LogP contribution in [0.5, 0.6) is 0 Å². The molecule has 566 valence electrons. The summed E-state index contributed by atoms with van der Waals surface area (Å²) < 4.78 is 28.4. The molecule has 22 heteroatoms. The first-order valence-electron chi connectivity index (χ1n) is 38.1. The number of hydrazine groups is 1. The van der Waals surface area contributed by atoms with Crippen LogP contribution in [0.3, 0.4) is 0 Å². The van der Waals surface area contributed by atoms with Crippen molar-refractivity contribution >= 4 is 72.7 Å².